The fourth-order valence-corrected chi connectivity index (χ4v) is 1.88. The van der Waals surface area contributed by atoms with E-state index < -0.39 is 0 Å². The van der Waals surface area contributed by atoms with Crippen LogP contribution in [-0.4, -0.2) is 0 Å². The van der Waals surface area contributed by atoms with Gasteiger partial charge in [0.1, 0.15) is 0 Å². The van der Waals surface area contributed by atoms with Crippen molar-refractivity contribution < 1.29 is 0 Å². The summed E-state index contributed by atoms with van der Waals surface area (Å²) in [5, 5.41) is 0. The van der Waals surface area contributed by atoms with Crippen molar-refractivity contribution in [2.75, 3.05) is 0 Å². The molecule has 0 heteroatoms. The molecule has 0 saturated carbocycles. The Balaban J connectivity index is 1.98. The second-order valence-electron chi connectivity index (χ2n) is 4.83. The maximum Gasteiger partial charge on any atom is -0.0279 e. The Morgan fingerprint density at radius 1 is 0.867 bits per heavy atom. The molecule has 0 N–H and O–H groups in total. The van der Waals surface area contributed by atoms with Crippen molar-refractivity contribution in [1.82, 2.24) is 0 Å². The van der Waals surface area contributed by atoms with Crippen molar-refractivity contribution in [3.05, 3.63) is 35.9 Å². The Bertz CT molecular complexity index is 235. The summed E-state index contributed by atoms with van der Waals surface area (Å²) in [5.74, 6) is 0.874. The van der Waals surface area contributed by atoms with Crippen LogP contribution in [0.15, 0.2) is 30.3 Å². The largest absolute Gasteiger partial charge is 0.0628 e. The third-order valence-corrected chi connectivity index (χ3v) is 2.84. The lowest BCUT2D eigenvalue weighted by molar-refractivity contribution is 0.520. The first-order valence-electron chi connectivity index (χ1n) is 6.33. The molecule has 0 spiro atoms. The number of hydrogen-bond donors (Lipinski definition) is 0. The summed E-state index contributed by atoms with van der Waals surface area (Å²) >= 11 is 0. The molecular weight excluding hydrogens is 180 g/mol. The van der Waals surface area contributed by atoms with Crippen molar-refractivity contribution >= 4 is 0 Å². The lowest BCUT2D eigenvalue weighted by atomic mass is 10.0. The van der Waals surface area contributed by atoms with Gasteiger partial charge in [0.15, 0.2) is 0 Å². The summed E-state index contributed by atoms with van der Waals surface area (Å²) < 4.78 is 0. The van der Waals surface area contributed by atoms with E-state index in [2.05, 4.69) is 44.2 Å². The maximum absolute atomic E-state index is 2.31. The first-order chi connectivity index (χ1) is 7.29. The highest BCUT2D eigenvalue weighted by Gasteiger charge is 1.95. The summed E-state index contributed by atoms with van der Waals surface area (Å²) in [6, 6.07) is 10.8. The fourth-order valence-electron chi connectivity index (χ4n) is 1.88. The zero-order valence-corrected chi connectivity index (χ0v) is 10.2. The second kappa shape index (κ2) is 7.50. The number of rotatable bonds is 7. The minimum absolute atomic E-state index is 0.874. The van der Waals surface area contributed by atoms with E-state index in [-0.39, 0.29) is 0 Å². The van der Waals surface area contributed by atoms with Crippen molar-refractivity contribution in [2.45, 2.75) is 52.4 Å². The molecule has 1 aromatic carbocycles. The van der Waals surface area contributed by atoms with Gasteiger partial charge < -0.3 is 0 Å². The van der Waals surface area contributed by atoms with Gasteiger partial charge in [0.25, 0.3) is 0 Å². The van der Waals surface area contributed by atoms with Gasteiger partial charge in [-0.25, -0.2) is 0 Å². The molecule has 84 valence electrons. The van der Waals surface area contributed by atoms with Crippen molar-refractivity contribution in [1.29, 1.82) is 0 Å². The highest BCUT2D eigenvalue weighted by atomic mass is 14.0. The van der Waals surface area contributed by atoms with Gasteiger partial charge in [-0.1, -0.05) is 69.9 Å². The van der Waals surface area contributed by atoms with E-state index >= 15 is 0 Å². The van der Waals surface area contributed by atoms with E-state index in [0.29, 0.717) is 0 Å². The van der Waals surface area contributed by atoms with Crippen LogP contribution in [0.25, 0.3) is 0 Å². The molecule has 0 nitrogen and oxygen atoms in total. The monoisotopic (exact) mass is 204 g/mol. The number of unbranched alkanes of at least 4 members (excludes halogenated alkanes) is 3. The van der Waals surface area contributed by atoms with E-state index in [1.807, 2.05) is 0 Å². The Labute approximate surface area is 94.7 Å². The summed E-state index contributed by atoms with van der Waals surface area (Å²) in [6.07, 6.45) is 8.20. The normalized spacial score (nSPS) is 10.9. The lowest BCUT2D eigenvalue weighted by Crippen LogP contribution is -1.88. The Morgan fingerprint density at radius 2 is 1.53 bits per heavy atom. The second-order valence-corrected chi connectivity index (χ2v) is 4.83. The first-order valence-corrected chi connectivity index (χ1v) is 6.33. The molecule has 0 aliphatic heterocycles. The van der Waals surface area contributed by atoms with Crippen LogP contribution < -0.4 is 0 Å². The van der Waals surface area contributed by atoms with Gasteiger partial charge in [0.2, 0.25) is 0 Å². The summed E-state index contributed by atoms with van der Waals surface area (Å²) in [6.45, 7) is 4.62. The minimum atomic E-state index is 0.874. The van der Waals surface area contributed by atoms with Crippen LogP contribution in [0.5, 0.6) is 0 Å². The van der Waals surface area contributed by atoms with E-state index in [9.17, 15) is 0 Å². The molecule has 0 saturated heterocycles. The molecule has 0 atom stereocenters. The van der Waals surface area contributed by atoms with E-state index in [0.717, 1.165) is 5.92 Å². The Hall–Kier alpha value is -0.780. The molecule has 0 aliphatic rings. The zero-order valence-electron chi connectivity index (χ0n) is 10.2. The number of hydrogen-bond acceptors (Lipinski definition) is 0. The van der Waals surface area contributed by atoms with Gasteiger partial charge >= 0.3 is 0 Å². The third kappa shape index (κ3) is 6.33. The predicted octanol–water partition coefficient (Wildman–Crippen LogP) is 4.84. The fraction of sp³-hybridized carbons (Fsp3) is 0.600. The van der Waals surface area contributed by atoms with Crippen LogP contribution in [0.3, 0.4) is 0 Å². The minimum Gasteiger partial charge on any atom is -0.0628 e. The van der Waals surface area contributed by atoms with Crippen LogP contribution in [-0.2, 0) is 6.42 Å². The summed E-state index contributed by atoms with van der Waals surface area (Å²) in [7, 11) is 0. The first kappa shape index (κ1) is 12.3. The van der Waals surface area contributed by atoms with Crippen LogP contribution >= 0.6 is 0 Å². The average Bonchev–Trinajstić information content (AvgIpc) is 2.24. The van der Waals surface area contributed by atoms with Crippen molar-refractivity contribution in [2.24, 2.45) is 5.92 Å². The van der Waals surface area contributed by atoms with Crippen LogP contribution in [0.4, 0.5) is 0 Å². The Morgan fingerprint density at radius 3 is 2.20 bits per heavy atom. The molecule has 1 aromatic rings. The molecule has 0 bridgehead atoms. The average molecular weight is 204 g/mol. The predicted molar refractivity (Wildman–Crippen MR) is 68.1 cm³/mol. The van der Waals surface area contributed by atoms with Crippen LogP contribution in [0, 0.1) is 5.92 Å². The number of benzene rings is 1. The zero-order chi connectivity index (χ0) is 10.9. The molecule has 0 aromatic heterocycles. The lowest BCUT2D eigenvalue weighted by Gasteiger charge is -2.04. The topological polar surface area (TPSA) is 0 Å². The SMILES string of the molecule is CC(C)CCCCCCc1ccccc1. The van der Waals surface area contributed by atoms with Crippen molar-refractivity contribution in [3.63, 3.8) is 0 Å². The molecule has 0 aliphatic carbocycles. The third-order valence-electron chi connectivity index (χ3n) is 2.84. The van der Waals surface area contributed by atoms with Crippen LogP contribution in [0.1, 0.15) is 51.5 Å². The van der Waals surface area contributed by atoms with E-state index in [1.165, 1.54) is 44.1 Å². The quantitative estimate of drug-likeness (QED) is 0.558. The number of aryl methyl sites for hydroxylation is 1. The van der Waals surface area contributed by atoms with E-state index in [1.54, 1.807) is 0 Å². The molecule has 15 heavy (non-hydrogen) atoms. The molecule has 0 unspecified atom stereocenters. The summed E-state index contributed by atoms with van der Waals surface area (Å²) in [5.41, 5.74) is 1.49. The van der Waals surface area contributed by atoms with E-state index in [4.69, 9.17) is 0 Å². The standard InChI is InChI=1S/C15H24/c1-14(2)10-6-3-4-7-11-15-12-8-5-9-13-15/h5,8-9,12-14H,3-4,6-7,10-11H2,1-2H3. The smallest absolute Gasteiger partial charge is 0.0279 e. The van der Waals surface area contributed by atoms with Crippen LogP contribution in [0.2, 0.25) is 0 Å². The van der Waals surface area contributed by atoms with Gasteiger partial charge in [0.05, 0.1) is 0 Å². The van der Waals surface area contributed by atoms with Gasteiger partial charge in [-0.15, -0.1) is 0 Å². The van der Waals surface area contributed by atoms with Gasteiger partial charge in [0, 0.05) is 0 Å². The van der Waals surface area contributed by atoms with Gasteiger partial charge in [-0.3, -0.25) is 0 Å². The maximum atomic E-state index is 2.31. The Kier molecular flexibility index (Phi) is 6.15. The highest BCUT2D eigenvalue weighted by Crippen LogP contribution is 2.11. The molecule has 0 radical (unpaired) electrons. The molecule has 1 rings (SSSR count). The van der Waals surface area contributed by atoms with Gasteiger partial charge in [-0.05, 0) is 24.3 Å². The highest BCUT2D eigenvalue weighted by molar-refractivity contribution is 5.14. The summed E-state index contributed by atoms with van der Waals surface area (Å²) in [4.78, 5) is 0. The molecule has 0 amide bonds. The molecule has 0 fully saturated rings. The van der Waals surface area contributed by atoms with Gasteiger partial charge in [-0.2, -0.15) is 0 Å². The van der Waals surface area contributed by atoms with Crippen molar-refractivity contribution in [3.8, 4) is 0 Å². The molecular formula is C15H24. The molecule has 0 heterocycles.